The van der Waals surface area contributed by atoms with Crippen LogP contribution in [0, 0.1) is 0 Å². The number of furan rings is 1. The first kappa shape index (κ1) is 14.1. The van der Waals surface area contributed by atoms with E-state index >= 15 is 0 Å². The first-order valence-corrected chi connectivity index (χ1v) is 7.27. The van der Waals surface area contributed by atoms with Gasteiger partial charge in [0.05, 0.1) is 10.7 Å². The van der Waals surface area contributed by atoms with Crippen molar-refractivity contribution in [3.63, 3.8) is 0 Å². The number of hydrogen-bond acceptors (Lipinski definition) is 4. The molecule has 0 fully saturated rings. The van der Waals surface area contributed by atoms with Crippen molar-refractivity contribution in [3.8, 4) is 0 Å². The molecule has 0 spiro atoms. The Balaban J connectivity index is 2.09. The number of benzene rings is 1. The molecule has 0 aliphatic rings. The number of nitrogens with one attached hydrogen (secondary N) is 1. The SMILES string of the molecule is NC(=S)N/N=C\c1cc(Br)c(Sc2ccccc2)o1. The van der Waals surface area contributed by atoms with Gasteiger partial charge in [-0.1, -0.05) is 30.0 Å². The molecule has 0 amide bonds. The highest BCUT2D eigenvalue weighted by atomic mass is 79.9. The van der Waals surface area contributed by atoms with Gasteiger partial charge < -0.3 is 10.2 Å². The molecule has 0 saturated carbocycles. The van der Waals surface area contributed by atoms with E-state index in [2.05, 4.69) is 38.7 Å². The van der Waals surface area contributed by atoms with Crippen LogP contribution in [0.25, 0.3) is 0 Å². The molecular formula is C12H10BrN3OS2. The molecule has 2 aromatic rings. The molecule has 1 aromatic carbocycles. The average molecular weight is 356 g/mol. The van der Waals surface area contributed by atoms with Crippen LogP contribution in [0.2, 0.25) is 0 Å². The minimum atomic E-state index is 0.112. The van der Waals surface area contributed by atoms with Gasteiger partial charge in [-0.25, -0.2) is 0 Å². The first-order chi connectivity index (χ1) is 9.15. The van der Waals surface area contributed by atoms with E-state index in [4.69, 9.17) is 10.2 Å². The Hall–Kier alpha value is -1.31. The number of nitrogens with two attached hydrogens (primary N) is 1. The lowest BCUT2D eigenvalue weighted by atomic mass is 10.4. The highest BCUT2D eigenvalue weighted by Gasteiger charge is 2.09. The van der Waals surface area contributed by atoms with Crippen LogP contribution >= 0.6 is 39.9 Å². The van der Waals surface area contributed by atoms with Crippen molar-refractivity contribution in [3.05, 3.63) is 46.6 Å². The maximum Gasteiger partial charge on any atom is 0.184 e. The molecule has 2 rings (SSSR count). The Morgan fingerprint density at radius 3 is 2.84 bits per heavy atom. The first-order valence-electron chi connectivity index (χ1n) is 5.26. The van der Waals surface area contributed by atoms with E-state index in [0.717, 1.165) is 14.5 Å². The molecular weight excluding hydrogens is 346 g/mol. The van der Waals surface area contributed by atoms with Crippen LogP contribution in [0.15, 0.2) is 60.4 Å². The van der Waals surface area contributed by atoms with Gasteiger partial charge in [0.25, 0.3) is 0 Å². The molecule has 0 aliphatic carbocycles. The van der Waals surface area contributed by atoms with Crippen molar-refractivity contribution >= 4 is 51.2 Å². The lowest BCUT2D eigenvalue weighted by Crippen LogP contribution is -2.23. The highest BCUT2D eigenvalue weighted by molar-refractivity contribution is 9.10. The fraction of sp³-hybridized carbons (Fsp3) is 0. The fourth-order valence-corrected chi connectivity index (χ4v) is 2.66. The number of hydrazone groups is 1. The minimum absolute atomic E-state index is 0.112. The Bertz CT molecular complexity index is 598. The normalized spacial score (nSPS) is 10.8. The van der Waals surface area contributed by atoms with Crippen LogP contribution in [0.5, 0.6) is 0 Å². The predicted molar refractivity (Wildman–Crippen MR) is 84.5 cm³/mol. The van der Waals surface area contributed by atoms with Crippen LogP contribution in [0.1, 0.15) is 5.76 Å². The number of nitrogens with zero attached hydrogens (tertiary/aromatic N) is 1. The zero-order chi connectivity index (χ0) is 13.7. The molecule has 0 aliphatic heterocycles. The predicted octanol–water partition coefficient (Wildman–Crippen LogP) is 3.36. The van der Waals surface area contributed by atoms with E-state index in [1.54, 1.807) is 0 Å². The molecule has 3 N–H and O–H groups in total. The van der Waals surface area contributed by atoms with Crippen LogP contribution in [-0.2, 0) is 0 Å². The molecule has 98 valence electrons. The third-order valence-corrected chi connectivity index (χ3v) is 3.93. The van der Waals surface area contributed by atoms with Crippen LogP contribution in [-0.4, -0.2) is 11.3 Å². The average Bonchev–Trinajstić information content (AvgIpc) is 2.71. The van der Waals surface area contributed by atoms with E-state index in [1.165, 1.54) is 18.0 Å². The zero-order valence-electron chi connectivity index (χ0n) is 9.67. The largest absolute Gasteiger partial charge is 0.447 e. The summed E-state index contributed by atoms with van der Waals surface area (Å²) in [7, 11) is 0. The Kier molecular flexibility index (Phi) is 5.00. The smallest absolute Gasteiger partial charge is 0.184 e. The Morgan fingerprint density at radius 2 is 2.16 bits per heavy atom. The summed E-state index contributed by atoms with van der Waals surface area (Å²) in [4.78, 5) is 1.10. The molecule has 4 nitrogen and oxygen atoms in total. The van der Waals surface area contributed by atoms with Crippen LogP contribution in [0.3, 0.4) is 0 Å². The van der Waals surface area contributed by atoms with Gasteiger partial charge in [-0.05, 0) is 40.3 Å². The van der Waals surface area contributed by atoms with Crippen LogP contribution < -0.4 is 11.2 Å². The Labute approximate surface area is 128 Å². The van der Waals surface area contributed by atoms with Gasteiger partial charge in [0, 0.05) is 11.0 Å². The minimum Gasteiger partial charge on any atom is -0.447 e. The van der Waals surface area contributed by atoms with Crippen molar-refractivity contribution in [1.82, 2.24) is 5.43 Å². The van der Waals surface area contributed by atoms with Gasteiger partial charge in [-0.2, -0.15) is 5.10 Å². The van der Waals surface area contributed by atoms with Gasteiger partial charge >= 0.3 is 0 Å². The monoisotopic (exact) mass is 355 g/mol. The quantitative estimate of drug-likeness (QED) is 0.500. The molecule has 19 heavy (non-hydrogen) atoms. The Morgan fingerprint density at radius 1 is 1.42 bits per heavy atom. The number of hydrogen-bond donors (Lipinski definition) is 2. The third-order valence-electron chi connectivity index (χ3n) is 1.99. The van der Waals surface area contributed by atoms with E-state index < -0.39 is 0 Å². The van der Waals surface area contributed by atoms with E-state index in [1.807, 2.05) is 36.4 Å². The van der Waals surface area contributed by atoms with Gasteiger partial charge in [0.15, 0.2) is 10.2 Å². The second-order valence-electron chi connectivity index (χ2n) is 3.43. The van der Waals surface area contributed by atoms with Gasteiger partial charge in [-0.15, -0.1) is 0 Å². The molecule has 1 heterocycles. The standard InChI is InChI=1S/C12H10BrN3OS2/c13-10-6-8(7-15-16-12(14)18)17-11(10)19-9-4-2-1-3-5-9/h1-7H,(H3,14,16,18)/b15-7-. The summed E-state index contributed by atoms with van der Waals surface area (Å²) in [5.41, 5.74) is 7.73. The van der Waals surface area contributed by atoms with Crippen molar-refractivity contribution in [2.75, 3.05) is 0 Å². The lowest BCUT2D eigenvalue weighted by molar-refractivity contribution is 0.466. The molecule has 0 unspecified atom stereocenters. The maximum atomic E-state index is 5.64. The molecule has 7 heteroatoms. The molecule has 0 bridgehead atoms. The number of halogens is 1. The van der Waals surface area contributed by atoms with E-state index in [0.29, 0.717) is 5.76 Å². The third kappa shape index (κ3) is 4.38. The maximum absolute atomic E-state index is 5.64. The second-order valence-corrected chi connectivity index (χ2v) is 5.77. The summed E-state index contributed by atoms with van der Waals surface area (Å²) in [6.45, 7) is 0. The van der Waals surface area contributed by atoms with Gasteiger partial charge in [-0.3, -0.25) is 5.43 Å². The lowest BCUT2D eigenvalue weighted by Gasteiger charge is -1.97. The molecule has 1 aromatic heterocycles. The van der Waals surface area contributed by atoms with Crippen molar-refractivity contribution in [2.45, 2.75) is 9.99 Å². The number of rotatable bonds is 4. The molecule has 0 atom stereocenters. The zero-order valence-corrected chi connectivity index (χ0v) is 12.9. The topological polar surface area (TPSA) is 63.5 Å². The second kappa shape index (κ2) is 6.74. The van der Waals surface area contributed by atoms with Crippen molar-refractivity contribution < 1.29 is 4.42 Å². The van der Waals surface area contributed by atoms with Crippen LogP contribution in [0.4, 0.5) is 0 Å². The summed E-state index contributed by atoms with van der Waals surface area (Å²) in [5, 5.41) is 4.72. The fourth-order valence-electron chi connectivity index (χ4n) is 1.26. The number of thiocarbonyl (C=S) groups is 1. The van der Waals surface area contributed by atoms with Gasteiger partial charge in [0.2, 0.25) is 0 Å². The summed E-state index contributed by atoms with van der Waals surface area (Å²) in [6.07, 6.45) is 1.51. The van der Waals surface area contributed by atoms with Gasteiger partial charge in [0.1, 0.15) is 5.76 Å². The highest BCUT2D eigenvalue weighted by Crippen LogP contribution is 2.35. The van der Waals surface area contributed by atoms with Crippen molar-refractivity contribution in [1.29, 1.82) is 0 Å². The summed E-state index contributed by atoms with van der Waals surface area (Å²) in [6, 6.07) is 11.8. The van der Waals surface area contributed by atoms with Crippen molar-refractivity contribution in [2.24, 2.45) is 10.8 Å². The summed E-state index contributed by atoms with van der Waals surface area (Å²) >= 11 is 9.61. The molecule has 0 radical (unpaired) electrons. The summed E-state index contributed by atoms with van der Waals surface area (Å²) in [5.74, 6) is 0.606. The van der Waals surface area contributed by atoms with E-state index in [9.17, 15) is 0 Å². The summed E-state index contributed by atoms with van der Waals surface area (Å²) < 4.78 is 6.52. The molecule has 0 saturated heterocycles. The van der Waals surface area contributed by atoms with E-state index in [-0.39, 0.29) is 5.11 Å².